The minimum atomic E-state index is 0.191. The molecule has 0 saturated heterocycles. The standard InChI is InChI=1S/C14H15BrN4S/c1-8-7-11(10(3)20-8)9(2)16-14-17-13-12(15)5-4-6-19(13)18-14/h4-7,9H,1-3H3,(H,16,18). The number of rotatable bonds is 3. The molecule has 0 spiro atoms. The highest BCUT2D eigenvalue weighted by molar-refractivity contribution is 9.10. The Bertz CT molecular complexity index is 762. The van der Waals surface area contributed by atoms with Gasteiger partial charge in [-0.05, 0) is 60.5 Å². The second-order valence-corrected chi connectivity index (χ2v) is 7.11. The van der Waals surface area contributed by atoms with Crippen molar-refractivity contribution in [3.05, 3.63) is 44.2 Å². The quantitative estimate of drug-likeness (QED) is 0.763. The first-order chi connectivity index (χ1) is 9.54. The molecule has 1 N–H and O–H groups in total. The summed E-state index contributed by atoms with van der Waals surface area (Å²) in [5, 5.41) is 7.82. The van der Waals surface area contributed by atoms with E-state index < -0.39 is 0 Å². The zero-order valence-electron chi connectivity index (χ0n) is 11.5. The van der Waals surface area contributed by atoms with Crippen LogP contribution in [-0.4, -0.2) is 14.6 Å². The van der Waals surface area contributed by atoms with Crippen LogP contribution in [0.5, 0.6) is 0 Å². The van der Waals surface area contributed by atoms with E-state index in [9.17, 15) is 0 Å². The van der Waals surface area contributed by atoms with Crippen molar-refractivity contribution >= 4 is 38.9 Å². The minimum absolute atomic E-state index is 0.191. The van der Waals surface area contributed by atoms with Gasteiger partial charge in [0, 0.05) is 16.0 Å². The van der Waals surface area contributed by atoms with Crippen LogP contribution in [0, 0.1) is 13.8 Å². The molecule has 0 aromatic carbocycles. The smallest absolute Gasteiger partial charge is 0.243 e. The SMILES string of the molecule is Cc1cc(C(C)Nc2nc3c(Br)cccn3n2)c(C)s1. The molecule has 0 saturated carbocycles. The summed E-state index contributed by atoms with van der Waals surface area (Å²) in [6.07, 6.45) is 1.89. The van der Waals surface area contributed by atoms with Gasteiger partial charge in [-0.25, -0.2) is 4.52 Å². The van der Waals surface area contributed by atoms with Crippen LogP contribution < -0.4 is 5.32 Å². The number of aromatic nitrogens is 3. The molecule has 0 amide bonds. The predicted molar refractivity (Wildman–Crippen MR) is 86.5 cm³/mol. The van der Waals surface area contributed by atoms with Gasteiger partial charge in [-0.1, -0.05) is 0 Å². The number of hydrogen-bond donors (Lipinski definition) is 1. The summed E-state index contributed by atoms with van der Waals surface area (Å²) in [4.78, 5) is 7.18. The predicted octanol–water partition coefficient (Wildman–Crippen LogP) is 4.34. The average molecular weight is 351 g/mol. The zero-order valence-corrected chi connectivity index (χ0v) is 13.9. The lowest BCUT2D eigenvalue weighted by Crippen LogP contribution is -2.08. The van der Waals surface area contributed by atoms with Crippen LogP contribution in [0.2, 0.25) is 0 Å². The third kappa shape index (κ3) is 2.45. The van der Waals surface area contributed by atoms with E-state index >= 15 is 0 Å². The first-order valence-electron chi connectivity index (χ1n) is 6.39. The molecule has 1 atom stereocenters. The second kappa shape index (κ2) is 5.18. The normalized spacial score (nSPS) is 12.8. The monoisotopic (exact) mass is 350 g/mol. The van der Waals surface area contributed by atoms with Crippen LogP contribution in [0.25, 0.3) is 5.65 Å². The highest BCUT2D eigenvalue weighted by Gasteiger charge is 2.14. The number of pyridine rings is 1. The van der Waals surface area contributed by atoms with Gasteiger partial charge in [0.05, 0.1) is 10.5 Å². The van der Waals surface area contributed by atoms with E-state index in [2.05, 4.69) is 58.2 Å². The van der Waals surface area contributed by atoms with Crippen molar-refractivity contribution in [2.75, 3.05) is 5.32 Å². The van der Waals surface area contributed by atoms with Gasteiger partial charge in [-0.2, -0.15) is 4.98 Å². The van der Waals surface area contributed by atoms with Crippen LogP contribution in [0.1, 0.15) is 28.3 Å². The first-order valence-corrected chi connectivity index (χ1v) is 8.00. The van der Waals surface area contributed by atoms with Crippen molar-refractivity contribution in [3.8, 4) is 0 Å². The van der Waals surface area contributed by atoms with Crippen molar-refractivity contribution in [3.63, 3.8) is 0 Å². The maximum atomic E-state index is 4.51. The molecular formula is C14H15BrN4S. The van der Waals surface area contributed by atoms with Crippen LogP contribution in [-0.2, 0) is 0 Å². The fraction of sp³-hybridized carbons (Fsp3) is 0.286. The van der Waals surface area contributed by atoms with Gasteiger partial charge in [0.25, 0.3) is 0 Å². The summed E-state index contributed by atoms with van der Waals surface area (Å²) in [6, 6.07) is 6.31. The van der Waals surface area contributed by atoms with Gasteiger partial charge < -0.3 is 5.32 Å². The van der Waals surface area contributed by atoms with Crippen molar-refractivity contribution < 1.29 is 0 Å². The van der Waals surface area contributed by atoms with Crippen molar-refractivity contribution in [2.24, 2.45) is 0 Å². The number of anilines is 1. The highest BCUT2D eigenvalue weighted by Crippen LogP contribution is 2.28. The molecule has 6 heteroatoms. The molecule has 3 aromatic rings. The summed E-state index contributed by atoms with van der Waals surface area (Å²) < 4.78 is 2.71. The Kier molecular flexibility index (Phi) is 3.52. The molecule has 4 nitrogen and oxygen atoms in total. The largest absolute Gasteiger partial charge is 0.346 e. The van der Waals surface area contributed by atoms with Crippen molar-refractivity contribution in [1.82, 2.24) is 14.6 Å². The summed E-state index contributed by atoms with van der Waals surface area (Å²) in [5.41, 5.74) is 2.13. The second-order valence-electron chi connectivity index (χ2n) is 4.79. The van der Waals surface area contributed by atoms with Gasteiger partial charge in [0.1, 0.15) is 0 Å². The molecule has 0 fully saturated rings. The summed E-state index contributed by atoms with van der Waals surface area (Å²) >= 11 is 5.31. The van der Waals surface area contributed by atoms with Gasteiger partial charge in [0.2, 0.25) is 5.95 Å². The Balaban J connectivity index is 1.89. The van der Waals surface area contributed by atoms with Crippen LogP contribution in [0.15, 0.2) is 28.9 Å². The lowest BCUT2D eigenvalue weighted by atomic mass is 10.1. The molecule has 3 rings (SSSR count). The van der Waals surface area contributed by atoms with Crippen molar-refractivity contribution in [2.45, 2.75) is 26.8 Å². The van der Waals surface area contributed by atoms with Gasteiger partial charge in [-0.15, -0.1) is 16.4 Å². The topological polar surface area (TPSA) is 42.2 Å². The number of aryl methyl sites for hydroxylation is 2. The van der Waals surface area contributed by atoms with Gasteiger partial charge >= 0.3 is 0 Å². The maximum Gasteiger partial charge on any atom is 0.243 e. The minimum Gasteiger partial charge on any atom is -0.346 e. The van der Waals surface area contributed by atoms with E-state index in [1.165, 1.54) is 15.3 Å². The molecule has 0 aliphatic carbocycles. The molecule has 0 radical (unpaired) electrons. The van der Waals surface area contributed by atoms with E-state index in [1.807, 2.05) is 29.7 Å². The van der Waals surface area contributed by atoms with E-state index in [-0.39, 0.29) is 6.04 Å². The molecule has 0 aliphatic rings. The lowest BCUT2D eigenvalue weighted by Gasteiger charge is -2.11. The Labute approximate surface area is 130 Å². The Morgan fingerprint density at radius 1 is 1.40 bits per heavy atom. The van der Waals surface area contributed by atoms with Gasteiger partial charge in [-0.3, -0.25) is 0 Å². The number of hydrogen-bond acceptors (Lipinski definition) is 4. The number of fused-ring (bicyclic) bond motifs is 1. The number of halogens is 1. The zero-order chi connectivity index (χ0) is 14.3. The van der Waals surface area contributed by atoms with Crippen LogP contribution >= 0.6 is 27.3 Å². The molecular weight excluding hydrogens is 336 g/mol. The van der Waals surface area contributed by atoms with E-state index in [0.29, 0.717) is 5.95 Å². The lowest BCUT2D eigenvalue weighted by molar-refractivity contribution is 0.850. The van der Waals surface area contributed by atoms with Crippen molar-refractivity contribution in [1.29, 1.82) is 0 Å². The number of nitrogens with zero attached hydrogens (tertiary/aromatic N) is 3. The fourth-order valence-electron chi connectivity index (χ4n) is 2.29. The number of nitrogens with one attached hydrogen (secondary N) is 1. The third-order valence-corrected chi connectivity index (χ3v) is 4.81. The van der Waals surface area contributed by atoms with E-state index in [4.69, 9.17) is 0 Å². The molecule has 0 bridgehead atoms. The van der Waals surface area contributed by atoms with Gasteiger partial charge in [0.15, 0.2) is 5.65 Å². The van der Waals surface area contributed by atoms with E-state index in [0.717, 1.165) is 10.1 Å². The van der Waals surface area contributed by atoms with Crippen LogP contribution in [0.4, 0.5) is 5.95 Å². The molecule has 0 aliphatic heterocycles. The maximum absolute atomic E-state index is 4.51. The summed E-state index contributed by atoms with van der Waals surface area (Å²) in [6.45, 7) is 6.42. The highest BCUT2D eigenvalue weighted by atomic mass is 79.9. The Morgan fingerprint density at radius 3 is 2.85 bits per heavy atom. The molecule has 3 aromatic heterocycles. The molecule has 104 valence electrons. The first kappa shape index (κ1) is 13.6. The van der Waals surface area contributed by atoms with E-state index in [1.54, 1.807) is 4.52 Å². The molecule has 20 heavy (non-hydrogen) atoms. The molecule has 3 heterocycles. The third-order valence-electron chi connectivity index (χ3n) is 3.21. The summed E-state index contributed by atoms with van der Waals surface area (Å²) in [7, 11) is 0. The average Bonchev–Trinajstić information content (AvgIpc) is 2.93. The Morgan fingerprint density at radius 2 is 2.20 bits per heavy atom. The van der Waals surface area contributed by atoms with Crippen LogP contribution in [0.3, 0.4) is 0 Å². The fourth-order valence-corrected chi connectivity index (χ4v) is 3.73. The molecule has 1 unspecified atom stereocenters. The summed E-state index contributed by atoms with van der Waals surface area (Å²) in [5.74, 6) is 0.646. The number of thiophene rings is 1. The Hall–Kier alpha value is -1.40.